The number of aliphatic hydroxyl groups excluding tert-OH is 1. The largest absolute Gasteiger partial charge is 0.394 e. The topological polar surface area (TPSA) is 66.4 Å². The summed E-state index contributed by atoms with van der Waals surface area (Å²) in [5.74, 6) is 0. The SMILES string of the molecule is CCCCCCCCCC(CC)OCCOCCOCCOCCOCCO. The van der Waals surface area contributed by atoms with Gasteiger partial charge in [0.05, 0.1) is 72.2 Å². The zero-order valence-corrected chi connectivity index (χ0v) is 18.5. The second-order valence-electron chi connectivity index (χ2n) is 6.98. The summed E-state index contributed by atoms with van der Waals surface area (Å²) in [6.07, 6.45) is 12.0. The number of rotatable bonds is 24. The summed E-state index contributed by atoms with van der Waals surface area (Å²) < 4.78 is 27.3. The molecule has 0 radical (unpaired) electrons. The fourth-order valence-electron chi connectivity index (χ4n) is 2.83. The quantitative estimate of drug-likeness (QED) is 0.245. The van der Waals surface area contributed by atoms with E-state index in [0.717, 1.165) is 6.42 Å². The van der Waals surface area contributed by atoms with Crippen molar-refractivity contribution in [3.63, 3.8) is 0 Å². The van der Waals surface area contributed by atoms with Gasteiger partial charge in [0.1, 0.15) is 0 Å². The average molecular weight is 407 g/mol. The van der Waals surface area contributed by atoms with Gasteiger partial charge in [-0.3, -0.25) is 0 Å². The molecule has 1 unspecified atom stereocenters. The van der Waals surface area contributed by atoms with Crippen molar-refractivity contribution in [2.75, 3.05) is 66.1 Å². The third kappa shape index (κ3) is 22.1. The van der Waals surface area contributed by atoms with Crippen molar-refractivity contribution in [1.29, 1.82) is 0 Å². The van der Waals surface area contributed by atoms with Crippen molar-refractivity contribution in [3.8, 4) is 0 Å². The standard InChI is InChI=1S/C22H46O6/c1-3-5-6-7-8-9-10-11-22(4-2)28-21-20-27-19-18-26-17-16-25-15-14-24-13-12-23/h22-23H,3-21H2,1-2H3. The van der Waals surface area contributed by atoms with Gasteiger partial charge in [-0.1, -0.05) is 58.8 Å². The zero-order valence-electron chi connectivity index (χ0n) is 18.5. The highest BCUT2D eigenvalue weighted by Crippen LogP contribution is 2.13. The van der Waals surface area contributed by atoms with E-state index in [0.29, 0.717) is 65.6 Å². The van der Waals surface area contributed by atoms with Crippen LogP contribution in [0.5, 0.6) is 0 Å². The van der Waals surface area contributed by atoms with Crippen LogP contribution in [0.1, 0.15) is 71.6 Å². The Morgan fingerprint density at radius 2 is 1.04 bits per heavy atom. The summed E-state index contributed by atoms with van der Waals surface area (Å²) in [6.45, 7) is 9.41. The Morgan fingerprint density at radius 3 is 1.54 bits per heavy atom. The molecule has 0 aliphatic carbocycles. The lowest BCUT2D eigenvalue weighted by atomic mass is 10.1. The molecule has 28 heavy (non-hydrogen) atoms. The van der Waals surface area contributed by atoms with Crippen molar-refractivity contribution in [3.05, 3.63) is 0 Å². The monoisotopic (exact) mass is 406 g/mol. The lowest BCUT2D eigenvalue weighted by molar-refractivity contribution is -0.0259. The predicted octanol–water partition coefficient (Wildman–Crippen LogP) is 3.98. The molecular weight excluding hydrogens is 360 g/mol. The predicted molar refractivity (Wildman–Crippen MR) is 113 cm³/mol. The van der Waals surface area contributed by atoms with Gasteiger partial charge in [0.25, 0.3) is 0 Å². The molecule has 0 aliphatic heterocycles. The molecule has 0 saturated heterocycles. The van der Waals surface area contributed by atoms with Crippen LogP contribution in [-0.4, -0.2) is 77.3 Å². The first-order valence-electron chi connectivity index (χ1n) is 11.4. The molecule has 6 heteroatoms. The van der Waals surface area contributed by atoms with Crippen molar-refractivity contribution in [1.82, 2.24) is 0 Å². The first-order valence-corrected chi connectivity index (χ1v) is 11.4. The summed E-state index contributed by atoms with van der Waals surface area (Å²) in [5.41, 5.74) is 0. The molecule has 0 rings (SSSR count). The smallest absolute Gasteiger partial charge is 0.0704 e. The number of aliphatic hydroxyl groups is 1. The Bertz CT molecular complexity index is 278. The molecule has 0 spiro atoms. The minimum absolute atomic E-state index is 0.0481. The molecule has 0 aromatic rings. The number of hydrogen-bond donors (Lipinski definition) is 1. The third-order valence-corrected chi connectivity index (χ3v) is 4.52. The number of unbranched alkanes of at least 4 members (excludes halogenated alkanes) is 6. The third-order valence-electron chi connectivity index (χ3n) is 4.52. The van der Waals surface area contributed by atoms with Crippen LogP contribution in [0.15, 0.2) is 0 Å². The lowest BCUT2D eigenvalue weighted by Crippen LogP contribution is -2.17. The molecular formula is C22H46O6. The summed E-state index contributed by atoms with van der Waals surface area (Å²) in [6, 6.07) is 0. The zero-order chi connectivity index (χ0) is 20.5. The van der Waals surface area contributed by atoms with Crippen LogP contribution in [0, 0.1) is 0 Å². The summed E-state index contributed by atoms with van der Waals surface area (Å²) in [7, 11) is 0. The second kappa shape index (κ2) is 24.8. The Balaban J connectivity index is 3.24. The van der Waals surface area contributed by atoms with Crippen LogP contribution in [0.4, 0.5) is 0 Å². The Morgan fingerprint density at radius 1 is 0.571 bits per heavy atom. The van der Waals surface area contributed by atoms with E-state index in [1.165, 1.54) is 51.4 Å². The molecule has 0 aromatic heterocycles. The van der Waals surface area contributed by atoms with Crippen molar-refractivity contribution < 1.29 is 28.8 Å². The molecule has 0 aliphatic rings. The molecule has 6 nitrogen and oxygen atoms in total. The van der Waals surface area contributed by atoms with Gasteiger partial charge in [0.15, 0.2) is 0 Å². The van der Waals surface area contributed by atoms with Crippen LogP contribution in [0.2, 0.25) is 0 Å². The number of ether oxygens (including phenoxy) is 5. The van der Waals surface area contributed by atoms with E-state index in [1.807, 2.05) is 0 Å². The minimum atomic E-state index is 0.0481. The molecule has 170 valence electrons. The van der Waals surface area contributed by atoms with Crippen LogP contribution >= 0.6 is 0 Å². The van der Waals surface area contributed by atoms with Crippen LogP contribution in [0.25, 0.3) is 0 Å². The maximum Gasteiger partial charge on any atom is 0.0704 e. The summed E-state index contributed by atoms with van der Waals surface area (Å²) in [4.78, 5) is 0. The summed E-state index contributed by atoms with van der Waals surface area (Å²) >= 11 is 0. The van der Waals surface area contributed by atoms with E-state index in [1.54, 1.807) is 0 Å². The van der Waals surface area contributed by atoms with Gasteiger partial charge in [-0.05, 0) is 12.8 Å². The van der Waals surface area contributed by atoms with E-state index in [-0.39, 0.29) is 6.61 Å². The molecule has 1 N–H and O–H groups in total. The van der Waals surface area contributed by atoms with E-state index < -0.39 is 0 Å². The summed E-state index contributed by atoms with van der Waals surface area (Å²) in [5, 5.41) is 8.55. The fourth-order valence-corrected chi connectivity index (χ4v) is 2.83. The Kier molecular flexibility index (Phi) is 24.6. The van der Waals surface area contributed by atoms with Crippen molar-refractivity contribution in [2.24, 2.45) is 0 Å². The molecule has 0 saturated carbocycles. The van der Waals surface area contributed by atoms with Crippen molar-refractivity contribution in [2.45, 2.75) is 77.7 Å². The first-order chi connectivity index (χ1) is 13.8. The van der Waals surface area contributed by atoms with E-state index in [2.05, 4.69) is 13.8 Å². The van der Waals surface area contributed by atoms with Gasteiger partial charge in [0.2, 0.25) is 0 Å². The molecule has 0 heterocycles. The molecule has 0 amide bonds. The van der Waals surface area contributed by atoms with Gasteiger partial charge in [0, 0.05) is 0 Å². The highest BCUT2D eigenvalue weighted by molar-refractivity contribution is 4.56. The van der Waals surface area contributed by atoms with Gasteiger partial charge < -0.3 is 28.8 Å². The molecule has 0 aromatic carbocycles. The van der Waals surface area contributed by atoms with Gasteiger partial charge in [-0.15, -0.1) is 0 Å². The Labute approximate surface area is 173 Å². The minimum Gasteiger partial charge on any atom is -0.394 e. The Hall–Kier alpha value is -0.240. The maximum absolute atomic E-state index is 8.55. The van der Waals surface area contributed by atoms with Crippen LogP contribution < -0.4 is 0 Å². The number of hydrogen-bond acceptors (Lipinski definition) is 6. The fraction of sp³-hybridized carbons (Fsp3) is 1.00. The van der Waals surface area contributed by atoms with Gasteiger partial charge in [-0.25, -0.2) is 0 Å². The van der Waals surface area contributed by atoms with Crippen molar-refractivity contribution >= 4 is 0 Å². The van der Waals surface area contributed by atoms with E-state index in [9.17, 15) is 0 Å². The first kappa shape index (κ1) is 27.8. The van der Waals surface area contributed by atoms with E-state index >= 15 is 0 Å². The lowest BCUT2D eigenvalue weighted by Gasteiger charge is -2.16. The molecule has 0 fully saturated rings. The maximum atomic E-state index is 8.55. The highest BCUT2D eigenvalue weighted by atomic mass is 16.6. The van der Waals surface area contributed by atoms with Gasteiger partial charge in [-0.2, -0.15) is 0 Å². The van der Waals surface area contributed by atoms with Gasteiger partial charge >= 0.3 is 0 Å². The highest BCUT2D eigenvalue weighted by Gasteiger charge is 2.06. The van der Waals surface area contributed by atoms with Crippen LogP contribution in [0.3, 0.4) is 0 Å². The molecule has 0 bridgehead atoms. The average Bonchev–Trinajstić information content (AvgIpc) is 2.71. The second-order valence-corrected chi connectivity index (χ2v) is 6.98. The van der Waals surface area contributed by atoms with E-state index in [4.69, 9.17) is 28.8 Å². The van der Waals surface area contributed by atoms with Crippen LogP contribution in [-0.2, 0) is 23.7 Å². The molecule has 1 atom stereocenters. The normalized spacial score (nSPS) is 12.5.